The molecule has 2 aromatic rings. The summed E-state index contributed by atoms with van der Waals surface area (Å²) >= 11 is 5.80. The van der Waals surface area contributed by atoms with E-state index in [-0.39, 0.29) is 23.6 Å². The molecule has 2 N–H and O–H groups in total. The fourth-order valence-corrected chi connectivity index (χ4v) is 1.76. The topological polar surface area (TPSA) is 97.1 Å². The van der Waals surface area contributed by atoms with Crippen LogP contribution in [0.3, 0.4) is 0 Å². The van der Waals surface area contributed by atoms with Gasteiger partial charge in [-0.3, -0.25) is 9.48 Å². The Hall–Kier alpha value is -2.41. The number of rotatable bonds is 5. The van der Waals surface area contributed by atoms with Crippen molar-refractivity contribution in [1.82, 2.24) is 15.0 Å². The van der Waals surface area contributed by atoms with Crippen molar-refractivity contribution >= 4 is 29.2 Å². The molecule has 0 spiro atoms. The van der Waals surface area contributed by atoms with Crippen molar-refractivity contribution in [2.45, 2.75) is 13.0 Å². The largest absolute Gasteiger partial charge is 0.478 e. The lowest BCUT2D eigenvalue weighted by atomic mass is 10.1. The molecule has 104 valence electrons. The quantitative estimate of drug-likeness (QED) is 0.874. The summed E-state index contributed by atoms with van der Waals surface area (Å²) < 4.78 is 1.51. The normalized spacial score (nSPS) is 10.2. The maximum absolute atomic E-state index is 11.8. The zero-order valence-electron chi connectivity index (χ0n) is 10.3. The van der Waals surface area contributed by atoms with Gasteiger partial charge in [0.05, 0.1) is 24.0 Å². The average molecular weight is 295 g/mol. The van der Waals surface area contributed by atoms with E-state index >= 15 is 0 Å². The molecular formula is C12H11ClN4O3. The number of carboxylic acids is 1. The lowest BCUT2D eigenvalue weighted by Crippen LogP contribution is -2.17. The Kier molecular flexibility index (Phi) is 4.31. The first kappa shape index (κ1) is 14.0. The molecule has 0 aliphatic rings. The number of carbonyl (C=O) groups excluding carboxylic acids is 1. The van der Waals surface area contributed by atoms with Gasteiger partial charge in [0.2, 0.25) is 5.91 Å². The molecule has 1 aromatic heterocycles. The van der Waals surface area contributed by atoms with Gasteiger partial charge in [-0.15, -0.1) is 5.10 Å². The summed E-state index contributed by atoms with van der Waals surface area (Å²) in [5.41, 5.74) is 0.164. The number of aromatic nitrogens is 3. The zero-order chi connectivity index (χ0) is 14.5. The molecule has 20 heavy (non-hydrogen) atoms. The van der Waals surface area contributed by atoms with Crippen molar-refractivity contribution in [3.8, 4) is 0 Å². The van der Waals surface area contributed by atoms with Gasteiger partial charge in [0.1, 0.15) is 0 Å². The number of hydrogen-bond donors (Lipinski definition) is 2. The number of benzene rings is 1. The van der Waals surface area contributed by atoms with Crippen LogP contribution >= 0.6 is 11.6 Å². The highest BCUT2D eigenvalue weighted by Crippen LogP contribution is 2.21. The van der Waals surface area contributed by atoms with Gasteiger partial charge in [-0.05, 0) is 18.2 Å². The minimum atomic E-state index is -1.13. The molecule has 2 rings (SSSR count). The van der Waals surface area contributed by atoms with Crippen LogP contribution < -0.4 is 5.32 Å². The maximum atomic E-state index is 11.8. The predicted octanol–water partition coefficient (Wildman–Crippen LogP) is 1.66. The number of aromatic carboxylic acids is 1. The Morgan fingerprint density at radius 2 is 2.20 bits per heavy atom. The van der Waals surface area contributed by atoms with E-state index < -0.39 is 5.97 Å². The van der Waals surface area contributed by atoms with Gasteiger partial charge >= 0.3 is 5.97 Å². The summed E-state index contributed by atoms with van der Waals surface area (Å²) in [6.07, 6.45) is 3.29. The highest BCUT2D eigenvalue weighted by Gasteiger charge is 2.13. The van der Waals surface area contributed by atoms with Crippen LogP contribution in [0.2, 0.25) is 5.02 Å². The molecular weight excluding hydrogens is 284 g/mol. The summed E-state index contributed by atoms with van der Waals surface area (Å²) in [6, 6.07) is 4.20. The van der Waals surface area contributed by atoms with Gasteiger partial charge in [-0.1, -0.05) is 16.8 Å². The van der Waals surface area contributed by atoms with E-state index in [1.54, 1.807) is 6.20 Å². The monoisotopic (exact) mass is 294 g/mol. The summed E-state index contributed by atoms with van der Waals surface area (Å²) in [7, 11) is 0. The number of aryl methyl sites for hydroxylation is 1. The maximum Gasteiger partial charge on any atom is 0.337 e. The number of nitrogens with one attached hydrogen (secondary N) is 1. The lowest BCUT2D eigenvalue weighted by Gasteiger charge is -2.09. The summed E-state index contributed by atoms with van der Waals surface area (Å²) in [5.74, 6) is -1.46. The van der Waals surface area contributed by atoms with Gasteiger partial charge in [0.25, 0.3) is 0 Å². The first-order chi connectivity index (χ1) is 9.56. The second-order valence-corrected chi connectivity index (χ2v) is 4.40. The van der Waals surface area contributed by atoms with Crippen LogP contribution in [0.15, 0.2) is 30.6 Å². The van der Waals surface area contributed by atoms with E-state index in [1.807, 2.05) is 0 Å². The molecule has 0 fully saturated rings. The molecule has 1 heterocycles. The van der Waals surface area contributed by atoms with E-state index in [1.165, 1.54) is 29.1 Å². The molecule has 1 aromatic carbocycles. The van der Waals surface area contributed by atoms with Gasteiger partial charge in [-0.2, -0.15) is 0 Å². The number of nitrogens with zero attached hydrogens (tertiary/aromatic N) is 3. The first-order valence-corrected chi connectivity index (χ1v) is 6.11. The number of carbonyl (C=O) groups is 2. The smallest absolute Gasteiger partial charge is 0.337 e. The van der Waals surface area contributed by atoms with Crippen molar-refractivity contribution in [3.05, 3.63) is 41.2 Å². The number of anilines is 1. The standard InChI is InChI=1S/C12H11ClN4O3/c13-8-1-2-9(12(19)20)10(7-8)15-11(18)3-5-17-6-4-14-16-17/h1-2,4,6-7H,3,5H2,(H,15,18)(H,19,20). The second-order valence-electron chi connectivity index (χ2n) is 3.96. The third-order valence-electron chi connectivity index (χ3n) is 2.53. The summed E-state index contributed by atoms with van der Waals surface area (Å²) in [4.78, 5) is 22.8. The van der Waals surface area contributed by atoms with Crippen molar-refractivity contribution in [1.29, 1.82) is 0 Å². The molecule has 0 aliphatic carbocycles. The van der Waals surface area contributed by atoms with Crippen LogP contribution in [-0.2, 0) is 11.3 Å². The Balaban J connectivity index is 2.03. The van der Waals surface area contributed by atoms with Crippen LogP contribution in [0, 0.1) is 0 Å². The molecule has 0 unspecified atom stereocenters. The third kappa shape index (κ3) is 3.55. The Bertz CT molecular complexity index is 628. The Labute approximate surface area is 119 Å². The minimum absolute atomic E-state index is 0.0106. The number of halogens is 1. The molecule has 7 nitrogen and oxygen atoms in total. The van der Waals surface area contributed by atoms with Gasteiger partial charge in [-0.25, -0.2) is 4.79 Å². The predicted molar refractivity (Wildman–Crippen MR) is 71.7 cm³/mol. The molecule has 0 saturated carbocycles. The molecule has 0 aliphatic heterocycles. The minimum Gasteiger partial charge on any atom is -0.478 e. The van der Waals surface area contributed by atoms with Crippen molar-refractivity contribution in [2.24, 2.45) is 0 Å². The van der Waals surface area contributed by atoms with Crippen LogP contribution in [0.25, 0.3) is 0 Å². The summed E-state index contributed by atoms with van der Waals surface area (Å²) in [5, 5.41) is 19.3. The molecule has 0 radical (unpaired) electrons. The van der Waals surface area contributed by atoms with Crippen molar-refractivity contribution in [3.63, 3.8) is 0 Å². The van der Waals surface area contributed by atoms with E-state index in [2.05, 4.69) is 15.6 Å². The van der Waals surface area contributed by atoms with Crippen LogP contribution in [-0.4, -0.2) is 32.0 Å². The van der Waals surface area contributed by atoms with Gasteiger partial charge in [0.15, 0.2) is 0 Å². The molecule has 8 heteroatoms. The number of hydrogen-bond acceptors (Lipinski definition) is 4. The third-order valence-corrected chi connectivity index (χ3v) is 2.76. The zero-order valence-corrected chi connectivity index (χ0v) is 11.0. The van der Waals surface area contributed by atoms with E-state index in [0.717, 1.165) is 0 Å². The SMILES string of the molecule is O=C(CCn1ccnn1)Nc1cc(Cl)ccc1C(=O)O. The Morgan fingerprint density at radius 3 is 2.85 bits per heavy atom. The van der Waals surface area contributed by atoms with Crippen LogP contribution in [0.1, 0.15) is 16.8 Å². The Morgan fingerprint density at radius 1 is 1.40 bits per heavy atom. The molecule has 1 amide bonds. The lowest BCUT2D eigenvalue weighted by molar-refractivity contribution is -0.116. The first-order valence-electron chi connectivity index (χ1n) is 5.73. The van der Waals surface area contributed by atoms with Gasteiger partial charge < -0.3 is 10.4 Å². The molecule has 0 bridgehead atoms. The highest BCUT2D eigenvalue weighted by atomic mass is 35.5. The van der Waals surface area contributed by atoms with Crippen LogP contribution in [0.4, 0.5) is 5.69 Å². The number of carboxylic acid groups (broad SMARTS) is 1. The highest BCUT2D eigenvalue weighted by molar-refractivity contribution is 6.31. The van der Waals surface area contributed by atoms with E-state index in [0.29, 0.717) is 11.6 Å². The fourth-order valence-electron chi connectivity index (χ4n) is 1.59. The van der Waals surface area contributed by atoms with Gasteiger partial charge in [0, 0.05) is 17.6 Å². The average Bonchev–Trinajstić information content (AvgIpc) is 2.89. The van der Waals surface area contributed by atoms with Crippen LogP contribution in [0.5, 0.6) is 0 Å². The fraction of sp³-hybridized carbons (Fsp3) is 0.167. The van der Waals surface area contributed by atoms with Crippen molar-refractivity contribution in [2.75, 3.05) is 5.32 Å². The van der Waals surface area contributed by atoms with E-state index in [9.17, 15) is 9.59 Å². The van der Waals surface area contributed by atoms with E-state index in [4.69, 9.17) is 16.7 Å². The molecule has 0 atom stereocenters. The molecule has 0 saturated heterocycles. The summed E-state index contributed by atoms with van der Waals surface area (Å²) in [6.45, 7) is 0.356. The second kappa shape index (κ2) is 6.16. The number of amides is 1. The van der Waals surface area contributed by atoms with Crippen molar-refractivity contribution < 1.29 is 14.7 Å².